The molecule has 1 N–H and O–H groups in total. The molecule has 2 fully saturated rings. The van der Waals surface area contributed by atoms with Gasteiger partial charge in [0.15, 0.2) is 0 Å². The molecule has 6 nitrogen and oxygen atoms in total. The molecule has 8 heteroatoms. The Morgan fingerprint density at radius 2 is 1.72 bits per heavy atom. The van der Waals surface area contributed by atoms with Crippen molar-refractivity contribution in [1.29, 1.82) is 0 Å². The van der Waals surface area contributed by atoms with E-state index in [2.05, 4.69) is 19.2 Å². The van der Waals surface area contributed by atoms with Gasteiger partial charge in [-0.1, -0.05) is 26.7 Å². The molecule has 1 aliphatic carbocycles. The zero-order chi connectivity index (χ0) is 21.2. The molecule has 1 aliphatic heterocycles. The Balaban J connectivity index is 1.55. The van der Waals surface area contributed by atoms with Gasteiger partial charge in [-0.15, -0.1) is 0 Å². The Labute approximate surface area is 173 Å². The lowest BCUT2D eigenvalue weighted by molar-refractivity contribution is -0.127. The number of amides is 1. The maximum Gasteiger partial charge on any atom is 0.243 e. The van der Waals surface area contributed by atoms with E-state index in [0.717, 1.165) is 25.0 Å². The second-order valence-electron chi connectivity index (χ2n) is 8.45. The molecule has 0 unspecified atom stereocenters. The summed E-state index contributed by atoms with van der Waals surface area (Å²) in [4.78, 5) is 14.9. The van der Waals surface area contributed by atoms with Gasteiger partial charge in [0.1, 0.15) is 5.82 Å². The number of rotatable bonds is 5. The van der Waals surface area contributed by atoms with Crippen molar-refractivity contribution in [3.05, 3.63) is 30.1 Å². The number of halogens is 1. The average Bonchev–Trinajstić information content (AvgIpc) is 2.71. The Morgan fingerprint density at radius 3 is 2.34 bits per heavy atom. The molecule has 29 heavy (non-hydrogen) atoms. The number of hydrogen-bond acceptors (Lipinski definition) is 4. The van der Waals surface area contributed by atoms with Crippen LogP contribution >= 0.6 is 0 Å². The molecule has 0 aromatic heterocycles. The quantitative estimate of drug-likeness (QED) is 0.787. The smallest absolute Gasteiger partial charge is 0.243 e. The Morgan fingerprint density at radius 1 is 1.10 bits per heavy atom. The summed E-state index contributed by atoms with van der Waals surface area (Å²) >= 11 is 0. The van der Waals surface area contributed by atoms with E-state index in [4.69, 9.17) is 0 Å². The highest BCUT2D eigenvalue weighted by Gasteiger charge is 2.34. The van der Waals surface area contributed by atoms with Gasteiger partial charge in [0.2, 0.25) is 15.9 Å². The number of carbonyl (C=O) groups is 1. The number of nitrogens with one attached hydrogen (secondary N) is 1. The van der Waals surface area contributed by atoms with Gasteiger partial charge in [-0.05, 0) is 49.4 Å². The van der Waals surface area contributed by atoms with E-state index >= 15 is 0 Å². The van der Waals surface area contributed by atoms with Gasteiger partial charge in [0.05, 0.1) is 10.9 Å². The lowest BCUT2D eigenvalue weighted by Crippen LogP contribution is -2.56. The Hall–Kier alpha value is -1.51. The lowest BCUT2D eigenvalue weighted by Gasteiger charge is -2.39. The van der Waals surface area contributed by atoms with Crippen molar-refractivity contribution in [3.8, 4) is 0 Å². The summed E-state index contributed by atoms with van der Waals surface area (Å²) in [5.41, 5.74) is 0. The van der Waals surface area contributed by atoms with Crippen LogP contribution in [0.3, 0.4) is 0 Å². The first-order chi connectivity index (χ1) is 13.7. The fourth-order valence-electron chi connectivity index (χ4n) is 4.34. The van der Waals surface area contributed by atoms with Gasteiger partial charge < -0.3 is 5.32 Å². The highest BCUT2D eigenvalue weighted by molar-refractivity contribution is 7.89. The van der Waals surface area contributed by atoms with Crippen molar-refractivity contribution < 1.29 is 17.6 Å². The molecular weight excluding hydrogens is 393 g/mol. The molecule has 162 valence electrons. The van der Waals surface area contributed by atoms with Gasteiger partial charge in [0, 0.05) is 32.2 Å². The first kappa shape index (κ1) is 22.2. The largest absolute Gasteiger partial charge is 0.352 e. The zero-order valence-corrected chi connectivity index (χ0v) is 18.3. The molecule has 1 saturated carbocycles. The van der Waals surface area contributed by atoms with Crippen LogP contribution in [0.5, 0.6) is 0 Å². The molecule has 1 aromatic carbocycles. The van der Waals surface area contributed by atoms with E-state index in [1.165, 1.54) is 22.9 Å². The van der Waals surface area contributed by atoms with Crippen LogP contribution in [0.1, 0.15) is 40.0 Å². The average molecular weight is 426 g/mol. The van der Waals surface area contributed by atoms with Gasteiger partial charge in [-0.3, -0.25) is 9.69 Å². The Kier molecular flexibility index (Phi) is 6.96. The van der Waals surface area contributed by atoms with Crippen LogP contribution in [0.25, 0.3) is 0 Å². The summed E-state index contributed by atoms with van der Waals surface area (Å²) in [7, 11) is -3.64. The van der Waals surface area contributed by atoms with Crippen molar-refractivity contribution >= 4 is 15.9 Å². The predicted octanol–water partition coefficient (Wildman–Crippen LogP) is 2.46. The SMILES string of the molecule is C[C@@H]1[C@H](C)CCC[C@@H]1NC(=O)[C@@H](C)N1CCN(S(=O)(=O)c2ccc(F)cc2)CC1. The van der Waals surface area contributed by atoms with Gasteiger partial charge in [0.25, 0.3) is 0 Å². The maximum atomic E-state index is 13.1. The Bertz CT molecular complexity index is 807. The maximum absolute atomic E-state index is 13.1. The van der Waals surface area contributed by atoms with Crippen molar-refractivity contribution in [2.45, 2.75) is 57.0 Å². The van der Waals surface area contributed by atoms with E-state index in [1.807, 2.05) is 11.8 Å². The van der Waals surface area contributed by atoms with E-state index in [-0.39, 0.29) is 22.9 Å². The minimum atomic E-state index is -3.64. The van der Waals surface area contributed by atoms with Gasteiger partial charge in [-0.25, -0.2) is 12.8 Å². The second-order valence-corrected chi connectivity index (χ2v) is 10.4. The monoisotopic (exact) mass is 425 g/mol. The van der Waals surface area contributed by atoms with Crippen LogP contribution in [-0.2, 0) is 14.8 Å². The van der Waals surface area contributed by atoms with Gasteiger partial charge in [-0.2, -0.15) is 4.31 Å². The number of benzene rings is 1. The number of carbonyl (C=O) groups excluding carboxylic acids is 1. The summed E-state index contributed by atoms with van der Waals surface area (Å²) in [5.74, 6) is 0.642. The normalized spacial score (nSPS) is 28.1. The third-order valence-electron chi connectivity index (χ3n) is 6.69. The molecule has 1 amide bonds. The molecule has 1 aromatic rings. The minimum absolute atomic E-state index is 0.0193. The van der Waals surface area contributed by atoms with E-state index < -0.39 is 15.8 Å². The van der Waals surface area contributed by atoms with E-state index in [1.54, 1.807) is 0 Å². The number of hydrogen-bond donors (Lipinski definition) is 1. The summed E-state index contributed by atoms with van der Waals surface area (Å²) in [6.45, 7) is 7.95. The van der Waals surface area contributed by atoms with Crippen LogP contribution in [-0.4, -0.2) is 61.8 Å². The molecular formula is C21H32FN3O3S. The first-order valence-electron chi connectivity index (χ1n) is 10.5. The molecule has 1 heterocycles. The lowest BCUT2D eigenvalue weighted by atomic mass is 9.78. The highest BCUT2D eigenvalue weighted by atomic mass is 32.2. The molecule has 2 aliphatic rings. The molecule has 0 bridgehead atoms. The first-order valence-corrected chi connectivity index (χ1v) is 11.9. The van der Waals surface area contributed by atoms with Crippen molar-refractivity contribution in [3.63, 3.8) is 0 Å². The van der Waals surface area contributed by atoms with Crippen molar-refractivity contribution in [2.24, 2.45) is 11.8 Å². The zero-order valence-electron chi connectivity index (χ0n) is 17.5. The summed E-state index contributed by atoms with van der Waals surface area (Å²) in [5, 5.41) is 3.22. The molecule has 0 radical (unpaired) electrons. The second kappa shape index (κ2) is 9.10. The molecule has 3 rings (SSSR count). The standard InChI is InChI=1S/C21H32FN3O3S/c1-15-5-4-6-20(16(15)2)23-21(26)17(3)24-11-13-25(14-12-24)29(27,28)19-9-7-18(22)8-10-19/h7-10,15-17,20H,4-6,11-14H2,1-3H3,(H,23,26)/t15-,16-,17-,20+/m1/s1. The summed E-state index contributed by atoms with van der Waals surface area (Å²) in [6, 6.07) is 4.81. The van der Waals surface area contributed by atoms with Crippen LogP contribution < -0.4 is 5.32 Å². The fourth-order valence-corrected chi connectivity index (χ4v) is 5.76. The summed E-state index contributed by atoms with van der Waals surface area (Å²) in [6.07, 6.45) is 3.38. The summed E-state index contributed by atoms with van der Waals surface area (Å²) < 4.78 is 40.0. The fraction of sp³-hybridized carbons (Fsp3) is 0.667. The minimum Gasteiger partial charge on any atom is -0.352 e. The van der Waals surface area contributed by atoms with Gasteiger partial charge >= 0.3 is 0 Å². The van der Waals surface area contributed by atoms with Crippen LogP contribution in [0, 0.1) is 17.7 Å². The van der Waals surface area contributed by atoms with Crippen LogP contribution in [0.15, 0.2) is 29.2 Å². The van der Waals surface area contributed by atoms with Crippen LogP contribution in [0.2, 0.25) is 0 Å². The molecule has 1 saturated heterocycles. The van der Waals surface area contributed by atoms with E-state index in [0.29, 0.717) is 38.0 Å². The number of sulfonamides is 1. The third kappa shape index (κ3) is 4.98. The van der Waals surface area contributed by atoms with E-state index in [9.17, 15) is 17.6 Å². The predicted molar refractivity (Wildman–Crippen MR) is 110 cm³/mol. The van der Waals surface area contributed by atoms with Crippen molar-refractivity contribution in [2.75, 3.05) is 26.2 Å². The van der Waals surface area contributed by atoms with Crippen LogP contribution in [0.4, 0.5) is 4.39 Å². The number of piperazine rings is 1. The molecule has 0 spiro atoms. The number of nitrogens with zero attached hydrogens (tertiary/aromatic N) is 2. The topological polar surface area (TPSA) is 69.7 Å². The highest BCUT2D eigenvalue weighted by Crippen LogP contribution is 2.29. The molecule has 4 atom stereocenters. The third-order valence-corrected chi connectivity index (χ3v) is 8.60. The van der Waals surface area contributed by atoms with Crippen molar-refractivity contribution in [1.82, 2.24) is 14.5 Å².